The van der Waals surface area contributed by atoms with Gasteiger partial charge in [-0.05, 0) is 32.6 Å². The fourth-order valence-electron chi connectivity index (χ4n) is 1.39. The van der Waals surface area contributed by atoms with E-state index in [4.69, 9.17) is 4.74 Å². The van der Waals surface area contributed by atoms with E-state index in [9.17, 15) is 5.11 Å². The molecular formula is C13H26O2. The van der Waals surface area contributed by atoms with E-state index in [0.29, 0.717) is 0 Å². The Kier molecular flexibility index (Phi) is 9.96. The molecule has 15 heavy (non-hydrogen) atoms. The lowest BCUT2D eigenvalue weighted by Crippen LogP contribution is -2.24. The molecule has 0 aliphatic carbocycles. The van der Waals surface area contributed by atoms with Crippen LogP contribution in [0.5, 0.6) is 0 Å². The van der Waals surface area contributed by atoms with Crippen molar-refractivity contribution in [2.45, 2.75) is 64.6 Å². The number of aliphatic hydroxyl groups excluding tert-OH is 1. The summed E-state index contributed by atoms with van der Waals surface area (Å²) in [5, 5.41) is 9.61. The average Bonchev–Trinajstić information content (AvgIpc) is 2.26. The number of methoxy groups -OCH3 is 1. The van der Waals surface area contributed by atoms with E-state index in [1.54, 1.807) is 7.11 Å². The standard InChI is InChI=1S/C13H26O2/c1-4-5-6-7-8-9-10-11-13(14)12(2)15-3/h7-8,12-14H,4-6,9-11H2,1-3H3. The summed E-state index contributed by atoms with van der Waals surface area (Å²) in [6.45, 7) is 4.11. The molecule has 2 heteroatoms. The van der Waals surface area contributed by atoms with Gasteiger partial charge in [0.1, 0.15) is 0 Å². The van der Waals surface area contributed by atoms with Crippen LogP contribution in [0.2, 0.25) is 0 Å². The van der Waals surface area contributed by atoms with Gasteiger partial charge >= 0.3 is 0 Å². The second kappa shape index (κ2) is 10.2. The van der Waals surface area contributed by atoms with E-state index in [0.717, 1.165) is 19.3 Å². The Bertz CT molecular complexity index is 155. The largest absolute Gasteiger partial charge is 0.390 e. The smallest absolute Gasteiger partial charge is 0.0802 e. The second-order valence-corrected chi connectivity index (χ2v) is 4.05. The molecule has 2 unspecified atom stereocenters. The van der Waals surface area contributed by atoms with E-state index in [-0.39, 0.29) is 12.2 Å². The highest BCUT2D eigenvalue weighted by atomic mass is 16.5. The van der Waals surface area contributed by atoms with Crippen LogP contribution in [-0.2, 0) is 4.74 Å². The molecule has 0 heterocycles. The molecular weight excluding hydrogens is 188 g/mol. The molecule has 0 aliphatic rings. The Morgan fingerprint density at radius 1 is 1.20 bits per heavy atom. The van der Waals surface area contributed by atoms with Crippen molar-refractivity contribution in [3.8, 4) is 0 Å². The first-order valence-corrected chi connectivity index (χ1v) is 6.08. The zero-order valence-corrected chi connectivity index (χ0v) is 10.4. The van der Waals surface area contributed by atoms with Gasteiger partial charge in [0.15, 0.2) is 0 Å². The number of rotatable bonds is 9. The fourth-order valence-corrected chi connectivity index (χ4v) is 1.39. The Morgan fingerprint density at radius 3 is 2.33 bits per heavy atom. The summed E-state index contributed by atoms with van der Waals surface area (Å²) in [6.07, 6.45) is 10.8. The molecule has 0 rings (SSSR count). The summed E-state index contributed by atoms with van der Waals surface area (Å²) in [5.74, 6) is 0. The summed E-state index contributed by atoms with van der Waals surface area (Å²) in [5.41, 5.74) is 0. The highest BCUT2D eigenvalue weighted by molar-refractivity contribution is 4.81. The maximum Gasteiger partial charge on any atom is 0.0802 e. The average molecular weight is 214 g/mol. The lowest BCUT2D eigenvalue weighted by Gasteiger charge is -2.16. The topological polar surface area (TPSA) is 29.5 Å². The zero-order valence-electron chi connectivity index (χ0n) is 10.4. The lowest BCUT2D eigenvalue weighted by atomic mass is 10.1. The Hall–Kier alpha value is -0.340. The van der Waals surface area contributed by atoms with Gasteiger partial charge in [-0.1, -0.05) is 31.9 Å². The molecule has 0 aromatic rings. The van der Waals surface area contributed by atoms with Gasteiger partial charge in [0.25, 0.3) is 0 Å². The molecule has 2 nitrogen and oxygen atoms in total. The fraction of sp³-hybridized carbons (Fsp3) is 0.846. The van der Waals surface area contributed by atoms with Crippen molar-refractivity contribution in [2.24, 2.45) is 0 Å². The van der Waals surface area contributed by atoms with Gasteiger partial charge in [-0.15, -0.1) is 0 Å². The number of aliphatic hydroxyl groups is 1. The third-order valence-corrected chi connectivity index (χ3v) is 2.68. The zero-order chi connectivity index (χ0) is 11.5. The van der Waals surface area contributed by atoms with Crippen LogP contribution in [0.1, 0.15) is 52.4 Å². The van der Waals surface area contributed by atoms with Gasteiger partial charge < -0.3 is 9.84 Å². The Labute approximate surface area is 94.3 Å². The summed E-state index contributed by atoms with van der Waals surface area (Å²) in [6, 6.07) is 0. The van der Waals surface area contributed by atoms with Crippen molar-refractivity contribution in [3.63, 3.8) is 0 Å². The predicted octanol–water partition coefficient (Wildman–Crippen LogP) is 3.30. The SMILES string of the molecule is CCCCC=CCCCC(O)C(C)OC. The minimum Gasteiger partial charge on any atom is -0.390 e. The van der Waals surface area contributed by atoms with Crippen LogP contribution in [-0.4, -0.2) is 24.4 Å². The van der Waals surface area contributed by atoms with Crippen molar-refractivity contribution in [3.05, 3.63) is 12.2 Å². The first-order valence-electron chi connectivity index (χ1n) is 6.08. The minimum atomic E-state index is -0.320. The quantitative estimate of drug-likeness (QED) is 0.471. The van der Waals surface area contributed by atoms with Crippen LogP contribution in [0.25, 0.3) is 0 Å². The van der Waals surface area contributed by atoms with Gasteiger partial charge in [-0.25, -0.2) is 0 Å². The maximum absolute atomic E-state index is 9.61. The van der Waals surface area contributed by atoms with Gasteiger partial charge in [0.05, 0.1) is 12.2 Å². The summed E-state index contributed by atoms with van der Waals surface area (Å²) in [4.78, 5) is 0. The molecule has 2 atom stereocenters. The molecule has 0 amide bonds. The summed E-state index contributed by atoms with van der Waals surface area (Å²) >= 11 is 0. The van der Waals surface area contributed by atoms with Crippen molar-refractivity contribution in [1.29, 1.82) is 0 Å². The second-order valence-electron chi connectivity index (χ2n) is 4.05. The third-order valence-electron chi connectivity index (χ3n) is 2.68. The van der Waals surface area contributed by atoms with E-state index in [1.165, 1.54) is 19.3 Å². The Morgan fingerprint density at radius 2 is 1.80 bits per heavy atom. The van der Waals surface area contributed by atoms with Crippen molar-refractivity contribution in [2.75, 3.05) is 7.11 Å². The molecule has 0 radical (unpaired) electrons. The van der Waals surface area contributed by atoms with Gasteiger partial charge in [-0.3, -0.25) is 0 Å². The van der Waals surface area contributed by atoms with Gasteiger partial charge in [-0.2, -0.15) is 0 Å². The van der Waals surface area contributed by atoms with Crippen LogP contribution < -0.4 is 0 Å². The summed E-state index contributed by atoms with van der Waals surface area (Å²) < 4.78 is 5.05. The third kappa shape index (κ3) is 8.64. The van der Waals surface area contributed by atoms with Gasteiger partial charge in [0.2, 0.25) is 0 Å². The maximum atomic E-state index is 9.61. The van der Waals surface area contributed by atoms with Crippen LogP contribution in [0, 0.1) is 0 Å². The van der Waals surface area contributed by atoms with Crippen molar-refractivity contribution < 1.29 is 9.84 Å². The van der Waals surface area contributed by atoms with Crippen LogP contribution >= 0.6 is 0 Å². The molecule has 90 valence electrons. The first-order chi connectivity index (χ1) is 7.22. The molecule has 0 aromatic heterocycles. The number of hydrogen-bond acceptors (Lipinski definition) is 2. The number of hydrogen-bond donors (Lipinski definition) is 1. The molecule has 0 fully saturated rings. The van der Waals surface area contributed by atoms with Crippen LogP contribution in [0.15, 0.2) is 12.2 Å². The van der Waals surface area contributed by atoms with Gasteiger partial charge in [0, 0.05) is 7.11 Å². The molecule has 1 N–H and O–H groups in total. The molecule has 0 saturated heterocycles. The highest BCUT2D eigenvalue weighted by Crippen LogP contribution is 2.08. The van der Waals surface area contributed by atoms with E-state index < -0.39 is 0 Å². The normalized spacial score (nSPS) is 15.7. The predicted molar refractivity (Wildman–Crippen MR) is 65.0 cm³/mol. The first kappa shape index (κ1) is 14.7. The molecule has 0 aliphatic heterocycles. The lowest BCUT2D eigenvalue weighted by molar-refractivity contribution is -0.00490. The van der Waals surface area contributed by atoms with E-state index in [1.807, 2.05) is 6.92 Å². The number of ether oxygens (including phenoxy) is 1. The Balaban J connectivity index is 3.33. The van der Waals surface area contributed by atoms with Crippen LogP contribution in [0.3, 0.4) is 0 Å². The number of unbranched alkanes of at least 4 members (excludes halogenated alkanes) is 3. The van der Waals surface area contributed by atoms with E-state index >= 15 is 0 Å². The van der Waals surface area contributed by atoms with Crippen LogP contribution in [0.4, 0.5) is 0 Å². The summed E-state index contributed by atoms with van der Waals surface area (Å²) in [7, 11) is 1.64. The molecule has 0 saturated carbocycles. The van der Waals surface area contributed by atoms with Crippen molar-refractivity contribution >= 4 is 0 Å². The molecule has 0 spiro atoms. The molecule has 0 bridgehead atoms. The molecule has 0 aromatic carbocycles. The number of allylic oxidation sites excluding steroid dienone is 2. The van der Waals surface area contributed by atoms with E-state index in [2.05, 4.69) is 19.1 Å². The van der Waals surface area contributed by atoms with Crippen molar-refractivity contribution in [1.82, 2.24) is 0 Å². The minimum absolute atomic E-state index is 0.0472. The monoisotopic (exact) mass is 214 g/mol. The highest BCUT2D eigenvalue weighted by Gasteiger charge is 2.11.